The van der Waals surface area contributed by atoms with Crippen LogP contribution >= 0.6 is 11.3 Å². The summed E-state index contributed by atoms with van der Waals surface area (Å²) in [4.78, 5) is 32.4. The molecular formula is C22H30N4O3S. The molecule has 1 aliphatic rings. The Bertz CT molecular complexity index is 904. The maximum atomic E-state index is 12.8. The van der Waals surface area contributed by atoms with E-state index in [0.29, 0.717) is 6.54 Å². The molecule has 1 saturated heterocycles. The van der Waals surface area contributed by atoms with Crippen LogP contribution in [0.5, 0.6) is 0 Å². The van der Waals surface area contributed by atoms with Crippen molar-refractivity contribution in [3.8, 4) is 10.4 Å². The third kappa shape index (κ3) is 4.88. The summed E-state index contributed by atoms with van der Waals surface area (Å²) in [6, 6.07) is 6.52. The summed E-state index contributed by atoms with van der Waals surface area (Å²) in [6.07, 6.45) is -0.503. The number of nitrogens with zero attached hydrogens (tertiary/aromatic N) is 2. The quantitative estimate of drug-likeness (QED) is 0.673. The number of rotatable bonds is 5. The first-order valence-electron chi connectivity index (χ1n) is 10.1. The van der Waals surface area contributed by atoms with Gasteiger partial charge in [-0.1, -0.05) is 45.0 Å². The van der Waals surface area contributed by atoms with Gasteiger partial charge in [-0.25, -0.2) is 4.98 Å². The lowest BCUT2D eigenvalue weighted by Crippen LogP contribution is -2.54. The molecule has 0 saturated carbocycles. The van der Waals surface area contributed by atoms with E-state index in [4.69, 9.17) is 5.73 Å². The number of β-amino-alcohol motifs (C(OH)–C–C–N with tert-alkyl or cyclic N) is 1. The fraction of sp³-hybridized carbons (Fsp3) is 0.500. The molecule has 162 valence electrons. The van der Waals surface area contributed by atoms with E-state index in [0.717, 1.165) is 21.7 Å². The number of hydrogen-bond acceptors (Lipinski definition) is 6. The van der Waals surface area contributed by atoms with Gasteiger partial charge in [0.1, 0.15) is 6.04 Å². The highest BCUT2D eigenvalue weighted by Crippen LogP contribution is 2.27. The molecule has 30 heavy (non-hydrogen) atoms. The van der Waals surface area contributed by atoms with Gasteiger partial charge in [0.2, 0.25) is 11.8 Å². The van der Waals surface area contributed by atoms with Crippen molar-refractivity contribution >= 4 is 23.2 Å². The minimum Gasteiger partial charge on any atom is -0.391 e. The van der Waals surface area contributed by atoms with Crippen LogP contribution in [0, 0.1) is 12.3 Å². The first-order valence-corrected chi connectivity index (χ1v) is 11.0. The number of likely N-dealkylation sites (tertiary alicyclic amines) is 1. The van der Waals surface area contributed by atoms with Gasteiger partial charge in [0.25, 0.3) is 0 Å². The summed E-state index contributed by atoms with van der Waals surface area (Å²) in [5.41, 5.74) is 10.6. The topological polar surface area (TPSA) is 109 Å². The Morgan fingerprint density at radius 3 is 2.57 bits per heavy atom. The molecule has 1 aromatic heterocycles. The second-order valence-corrected chi connectivity index (χ2v) is 9.78. The number of benzene rings is 1. The molecule has 0 radical (unpaired) electrons. The zero-order valence-electron chi connectivity index (χ0n) is 17.9. The first-order chi connectivity index (χ1) is 14.1. The number of aromatic nitrogens is 1. The lowest BCUT2D eigenvalue weighted by atomic mass is 9.86. The molecule has 0 unspecified atom stereocenters. The highest BCUT2D eigenvalue weighted by molar-refractivity contribution is 7.13. The van der Waals surface area contributed by atoms with Crippen LogP contribution in [0.1, 0.15) is 38.4 Å². The number of aliphatic hydroxyl groups is 1. The van der Waals surface area contributed by atoms with Crippen LogP contribution in [0.2, 0.25) is 0 Å². The second-order valence-electron chi connectivity index (χ2n) is 8.92. The van der Waals surface area contributed by atoms with Gasteiger partial charge in [0, 0.05) is 19.5 Å². The van der Waals surface area contributed by atoms with Gasteiger partial charge in [0.15, 0.2) is 0 Å². The largest absolute Gasteiger partial charge is 0.391 e. The molecule has 4 N–H and O–H groups in total. The minimum absolute atomic E-state index is 0.129. The molecule has 1 aliphatic heterocycles. The van der Waals surface area contributed by atoms with Gasteiger partial charge in [-0.05, 0) is 23.5 Å². The maximum Gasteiger partial charge on any atom is 0.243 e. The van der Waals surface area contributed by atoms with E-state index < -0.39 is 23.6 Å². The van der Waals surface area contributed by atoms with Crippen LogP contribution in [0.15, 0.2) is 29.8 Å². The van der Waals surface area contributed by atoms with E-state index in [1.807, 2.05) is 57.5 Å². The summed E-state index contributed by atoms with van der Waals surface area (Å²) in [7, 11) is 0. The number of hydrogen-bond donors (Lipinski definition) is 3. The van der Waals surface area contributed by atoms with Gasteiger partial charge in [-0.3, -0.25) is 9.59 Å². The van der Waals surface area contributed by atoms with E-state index in [1.165, 1.54) is 4.90 Å². The van der Waals surface area contributed by atoms with Gasteiger partial charge >= 0.3 is 0 Å². The van der Waals surface area contributed by atoms with Crippen LogP contribution in [0.4, 0.5) is 0 Å². The number of carbonyl (C=O) groups is 2. The van der Waals surface area contributed by atoms with Crippen molar-refractivity contribution in [2.75, 3.05) is 6.54 Å². The average Bonchev–Trinajstić information content (AvgIpc) is 3.30. The van der Waals surface area contributed by atoms with Crippen molar-refractivity contribution < 1.29 is 14.7 Å². The van der Waals surface area contributed by atoms with Crippen molar-refractivity contribution in [2.24, 2.45) is 11.1 Å². The predicted octanol–water partition coefficient (Wildman–Crippen LogP) is 2.07. The lowest BCUT2D eigenvalue weighted by molar-refractivity contribution is -0.141. The Hall–Kier alpha value is -2.29. The third-order valence-electron chi connectivity index (χ3n) is 5.49. The number of aryl methyl sites for hydroxylation is 1. The van der Waals surface area contributed by atoms with Crippen LogP contribution < -0.4 is 11.1 Å². The number of carbonyl (C=O) groups excluding carboxylic acids is 2. The SMILES string of the molecule is Cc1ncsc1-c1ccc(CNC(=O)[C@H]2C[C@@H](O)CN2C(=O)[C@@H](N)C(C)(C)C)cc1. The van der Waals surface area contributed by atoms with E-state index in [-0.39, 0.29) is 24.8 Å². The molecule has 7 nitrogen and oxygen atoms in total. The van der Waals surface area contributed by atoms with Gasteiger partial charge in [-0.15, -0.1) is 11.3 Å². The Balaban J connectivity index is 1.63. The maximum absolute atomic E-state index is 12.8. The Morgan fingerprint density at radius 1 is 1.33 bits per heavy atom. The summed E-state index contributed by atoms with van der Waals surface area (Å²) >= 11 is 1.60. The summed E-state index contributed by atoms with van der Waals surface area (Å²) in [5, 5.41) is 13.0. The molecule has 1 fully saturated rings. The van der Waals surface area contributed by atoms with Crippen molar-refractivity contribution in [3.05, 3.63) is 41.0 Å². The van der Waals surface area contributed by atoms with Crippen molar-refractivity contribution in [2.45, 2.75) is 58.8 Å². The number of amides is 2. The number of nitrogens with two attached hydrogens (primary N) is 1. The Kier molecular flexibility index (Phi) is 6.59. The van der Waals surface area contributed by atoms with Crippen LogP contribution in [0.25, 0.3) is 10.4 Å². The normalized spacial score (nSPS) is 20.3. The molecule has 0 aliphatic carbocycles. The van der Waals surface area contributed by atoms with Crippen LogP contribution in [-0.4, -0.2) is 51.5 Å². The third-order valence-corrected chi connectivity index (χ3v) is 6.47. The van der Waals surface area contributed by atoms with Gasteiger partial charge in [-0.2, -0.15) is 0 Å². The molecule has 0 spiro atoms. The first kappa shape index (κ1) is 22.4. The lowest BCUT2D eigenvalue weighted by Gasteiger charge is -2.32. The van der Waals surface area contributed by atoms with E-state index >= 15 is 0 Å². The van der Waals surface area contributed by atoms with Gasteiger partial charge in [0.05, 0.1) is 28.2 Å². The highest BCUT2D eigenvalue weighted by atomic mass is 32.1. The van der Waals surface area contributed by atoms with E-state index in [9.17, 15) is 14.7 Å². The standard InChI is InChI=1S/C22H30N4O3S/c1-13-18(30-12-25-13)15-7-5-14(6-8-15)10-24-20(28)17-9-16(27)11-26(17)21(29)19(23)22(2,3)4/h5-8,12,16-17,19,27H,9-11,23H2,1-4H3,(H,24,28)/t16-,17-,19-/m1/s1. The zero-order valence-corrected chi connectivity index (χ0v) is 18.7. The average molecular weight is 431 g/mol. The zero-order chi connectivity index (χ0) is 22.1. The van der Waals surface area contributed by atoms with Crippen molar-refractivity contribution in [1.82, 2.24) is 15.2 Å². The van der Waals surface area contributed by atoms with E-state index in [2.05, 4.69) is 10.3 Å². The highest BCUT2D eigenvalue weighted by Gasteiger charge is 2.42. The van der Waals surface area contributed by atoms with Crippen LogP contribution in [-0.2, 0) is 16.1 Å². The van der Waals surface area contributed by atoms with Gasteiger partial charge < -0.3 is 21.1 Å². The summed E-state index contributed by atoms with van der Waals surface area (Å²) in [5.74, 6) is -0.577. The van der Waals surface area contributed by atoms with Crippen molar-refractivity contribution in [3.63, 3.8) is 0 Å². The minimum atomic E-state index is -0.735. The number of nitrogens with one attached hydrogen (secondary N) is 1. The van der Waals surface area contributed by atoms with E-state index in [1.54, 1.807) is 11.3 Å². The second kappa shape index (κ2) is 8.83. The smallest absolute Gasteiger partial charge is 0.243 e. The molecule has 2 aromatic rings. The van der Waals surface area contributed by atoms with Crippen LogP contribution in [0.3, 0.4) is 0 Å². The number of thiazole rings is 1. The number of aliphatic hydroxyl groups excluding tert-OH is 1. The predicted molar refractivity (Wildman–Crippen MR) is 118 cm³/mol. The summed E-state index contributed by atoms with van der Waals surface area (Å²) in [6.45, 7) is 8.11. The Morgan fingerprint density at radius 2 is 2.00 bits per heavy atom. The monoisotopic (exact) mass is 430 g/mol. The molecular weight excluding hydrogens is 400 g/mol. The molecule has 1 aromatic carbocycles. The summed E-state index contributed by atoms with van der Waals surface area (Å²) < 4.78 is 0. The molecule has 2 amide bonds. The molecule has 3 atom stereocenters. The molecule has 0 bridgehead atoms. The van der Waals surface area contributed by atoms with Crippen molar-refractivity contribution in [1.29, 1.82) is 0 Å². The fourth-order valence-electron chi connectivity index (χ4n) is 3.51. The molecule has 3 rings (SSSR count). The molecule has 8 heteroatoms. The Labute approximate surface area is 181 Å². The molecule has 2 heterocycles. The fourth-order valence-corrected chi connectivity index (χ4v) is 4.33.